The molecule has 0 aliphatic carbocycles. The fourth-order valence-electron chi connectivity index (χ4n) is 4.01. The number of fused-ring (bicyclic) bond motifs is 2. The van der Waals surface area contributed by atoms with Crippen molar-refractivity contribution in [2.75, 3.05) is 13.9 Å². The van der Waals surface area contributed by atoms with Gasteiger partial charge in [0.1, 0.15) is 12.4 Å². The largest absolute Gasteiger partial charge is 0.496 e. The van der Waals surface area contributed by atoms with Gasteiger partial charge in [-0.15, -0.1) is 0 Å². The highest BCUT2D eigenvalue weighted by atomic mass is 16.7. The summed E-state index contributed by atoms with van der Waals surface area (Å²) >= 11 is 0. The van der Waals surface area contributed by atoms with Gasteiger partial charge in [0.05, 0.1) is 19.0 Å². The van der Waals surface area contributed by atoms with Crippen LogP contribution in [-0.4, -0.2) is 30.0 Å². The van der Waals surface area contributed by atoms with Crippen molar-refractivity contribution in [2.24, 2.45) is 0 Å². The van der Waals surface area contributed by atoms with Crippen LogP contribution in [0, 0.1) is 0 Å². The lowest BCUT2D eigenvalue weighted by atomic mass is 9.94. The van der Waals surface area contributed by atoms with E-state index >= 15 is 0 Å². The lowest BCUT2D eigenvalue weighted by Gasteiger charge is -2.18. The fraction of sp³-hybridized carbons (Fsp3) is 0.154. The topological polar surface area (TPSA) is 87.1 Å². The molecule has 0 atom stereocenters. The normalized spacial score (nSPS) is 12.0. The first-order chi connectivity index (χ1) is 16.1. The molecule has 1 aromatic heterocycles. The molecule has 166 valence electrons. The summed E-state index contributed by atoms with van der Waals surface area (Å²) < 4.78 is 22.5. The van der Waals surface area contributed by atoms with Crippen LogP contribution >= 0.6 is 0 Å². The van der Waals surface area contributed by atoms with Crippen molar-refractivity contribution in [2.45, 2.75) is 13.0 Å². The summed E-state index contributed by atoms with van der Waals surface area (Å²) in [4.78, 5) is 16.5. The quantitative estimate of drug-likeness (QED) is 0.437. The second-order valence-corrected chi connectivity index (χ2v) is 7.53. The minimum atomic E-state index is -0.976. The molecule has 2 heterocycles. The molecule has 0 unspecified atom stereocenters. The van der Waals surface area contributed by atoms with E-state index < -0.39 is 5.97 Å². The molecule has 1 aliphatic heterocycles. The predicted octanol–water partition coefficient (Wildman–Crippen LogP) is 4.85. The molecular formula is C26H21NO6. The van der Waals surface area contributed by atoms with Gasteiger partial charge in [-0.1, -0.05) is 42.5 Å². The molecule has 7 nitrogen and oxygen atoms in total. The number of ether oxygens (including phenoxy) is 4. The smallest absolute Gasteiger partial charge is 0.308 e. The number of pyridine rings is 1. The van der Waals surface area contributed by atoms with Crippen LogP contribution in [0.5, 0.6) is 23.1 Å². The Balaban J connectivity index is 1.67. The molecule has 33 heavy (non-hydrogen) atoms. The zero-order chi connectivity index (χ0) is 22.8. The Morgan fingerprint density at radius 1 is 1.03 bits per heavy atom. The number of para-hydroxylation sites is 2. The van der Waals surface area contributed by atoms with Crippen molar-refractivity contribution in [3.63, 3.8) is 0 Å². The maximum atomic E-state index is 11.9. The summed E-state index contributed by atoms with van der Waals surface area (Å²) in [7, 11) is 1.60. The SMILES string of the molecule is COc1ccccc1COc1nc2ccccc2c(-c2ccc3c(c2)OCO3)c1CC(=O)O. The van der Waals surface area contributed by atoms with E-state index in [0.717, 1.165) is 22.1 Å². The molecule has 0 saturated heterocycles. The van der Waals surface area contributed by atoms with E-state index in [0.29, 0.717) is 28.3 Å². The molecule has 1 aliphatic rings. The number of carbonyl (C=O) groups is 1. The van der Waals surface area contributed by atoms with Crippen molar-refractivity contribution in [3.8, 4) is 34.3 Å². The highest BCUT2D eigenvalue weighted by Gasteiger charge is 2.22. The molecule has 4 aromatic rings. The summed E-state index contributed by atoms with van der Waals surface area (Å²) in [6, 6.07) is 20.7. The standard InChI is InChI=1S/C26H21NO6/c1-30-21-9-5-2-6-17(21)14-31-26-19(13-24(28)29)25(18-7-3-4-8-20(18)27-26)16-10-11-22-23(12-16)33-15-32-22/h2-12H,13-15H2,1H3,(H,28,29). The zero-order valence-corrected chi connectivity index (χ0v) is 17.9. The van der Waals surface area contributed by atoms with Crippen LogP contribution in [0.4, 0.5) is 0 Å². The number of nitrogens with zero attached hydrogens (tertiary/aromatic N) is 1. The van der Waals surface area contributed by atoms with Gasteiger partial charge in [-0.25, -0.2) is 4.98 Å². The third-order valence-electron chi connectivity index (χ3n) is 5.50. The number of aromatic nitrogens is 1. The molecule has 0 spiro atoms. The molecule has 0 radical (unpaired) electrons. The Morgan fingerprint density at radius 3 is 2.67 bits per heavy atom. The first-order valence-electron chi connectivity index (χ1n) is 10.4. The highest BCUT2D eigenvalue weighted by Crippen LogP contribution is 2.41. The van der Waals surface area contributed by atoms with Gasteiger partial charge in [0, 0.05) is 22.1 Å². The second kappa shape index (κ2) is 8.70. The molecule has 0 fully saturated rings. The average Bonchev–Trinajstić information content (AvgIpc) is 3.30. The molecule has 5 rings (SSSR count). The first-order valence-corrected chi connectivity index (χ1v) is 10.4. The maximum absolute atomic E-state index is 11.9. The third kappa shape index (κ3) is 4.01. The van der Waals surface area contributed by atoms with Crippen LogP contribution in [-0.2, 0) is 17.8 Å². The van der Waals surface area contributed by atoms with E-state index in [4.69, 9.17) is 18.9 Å². The number of rotatable bonds is 7. The monoisotopic (exact) mass is 443 g/mol. The Kier molecular flexibility index (Phi) is 5.44. The minimum Gasteiger partial charge on any atom is -0.496 e. The van der Waals surface area contributed by atoms with Crippen molar-refractivity contribution < 1.29 is 28.8 Å². The van der Waals surface area contributed by atoms with Crippen molar-refractivity contribution >= 4 is 16.9 Å². The van der Waals surface area contributed by atoms with E-state index in [1.165, 1.54) is 0 Å². The number of benzene rings is 3. The van der Waals surface area contributed by atoms with E-state index in [2.05, 4.69) is 4.98 Å². The summed E-state index contributed by atoms with van der Waals surface area (Å²) in [6.07, 6.45) is -0.247. The Morgan fingerprint density at radius 2 is 1.82 bits per heavy atom. The van der Waals surface area contributed by atoms with Gasteiger partial charge in [0.2, 0.25) is 12.7 Å². The third-order valence-corrected chi connectivity index (χ3v) is 5.50. The number of aliphatic carboxylic acids is 1. The predicted molar refractivity (Wildman–Crippen MR) is 122 cm³/mol. The summed E-state index contributed by atoms with van der Waals surface area (Å²) in [6.45, 7) is 0.341. The maximum Gasteiger partial charge on any atom is 0.308 e. The van der Waals surface area contributed by atoms with E-state index in [1.807, 2.05) is 66.7 Å². The molecule has 7 heteroatoms. The summed E-state index contributed by atoms with van der Waals surface area (Å²) in [5.41, 5.74) is 3.58. The molecule has 3 aromatic carbocycles. The Labute approximate surface area is 190 Å². The molecule has 0 amide bonds. The van der Waals surface area contributed by atoms with Gasteiger partial charge in [-0.3, -0.25) is 4.79 Å². The fourth-order valence-corrected chi connectivity index (χ4v) is 4.01. The summed E-state index contributed by atoms with van der Waals surface area (Å²) in [5.74, 6) is 1.26. The van der Waals surface area contributed by atoms with Crippen LogP contribution in [0.1, 0.15) is 11.1 Å². The molecule has 0 bridgehead atoms. The first kappa shape index (κ1) is 20.6. The highest BCUT2D eigenvalue weighted by molar-refractivity contribution is 5.98. The van der Waals surface area contributed by atoms with Gasteiger partial charge in [0.15, 0.2) is 11.5 Å². The second-order valence-electron chi connectivity index (χ2n) is 7.53. The Bertz CT molecular complexity index is 1350. The van der Waals surface area contributed by atoms with Gasteiger partial charge in [-0.05, 0) is 29.8 Å². The number of methoxy groups -OCH3 is 1. The van der Waals surface area contributed by atoms with Crippen LogP contribution in [0.15, 0.2) is 66.7 Å². The number of carboxylic acids is 1. The van der Waals surface area contributed by atoms with Crippen LogP contribution in [0.25, 0.3) is 22.0 Å². The number of carboxylic acid groups (broad SMARTS) is 1. The van der Waals surface area contributed by atoms with Crippen LogP contribution in [0.3, 0.4) is 0 Å². The van der Waals surface area contributed by atoms with E-state index in [9.17, 15) is 9.90 Å². The van der Waals surface area contributed by atoms with Gasteiger partial charge < -0.3 is 24.1 Å². The zero-order valence-electron chi connectivity index (χ0n) is 17.9. The van der Waals surface area contributed by atoms with Gasteiger partial charge >= 0.3 is 5.97 Å². The average molecular weight is 443 g/mol. The lowest BCUT2D eigenvalue weighted by molar-refractivity contribution is -0.136. The van der Waals surface area contributed by atoms with Gasteiger partial charge in [-0.2, -0.15) is 0 Å². The molecule has 1 N–H and O–H groups in total. The van der Waals surface area contributed by atoms with Crippen LogP contribution < -0.4 is 18.9 Å². The van der Waals surface area contributed by atoms with Crippen molar-refractivity contribution in [1.29, 1.82) is 0 Å². The van der Waals surface area contributed by atoms with E-state index in [1.54, 1.807) is 7.11 Å². The minimum absolute atomic E-state index is 0.158. The van der Waals surface area contributed by atoms with Crippen molar-refractivity contribution in [1.82, 2.24) is 4.98 Å². The van der Waals surface area contributed by atoms with Crippen LogP contribution in [0.2, 0.25) is 0 Å². The van der Waals surface area contributed by atoms with Gasteiger partial charge in [0.25, 0.3) is 0 Å². The number of hydrogen-bond donors (Lipinski definition) is 1. The molecule has 0 saturated carbocycles. The van der Waals surface area contributed by atoms with E-state index in [-0.39, 0.29) is 25.7 Å². The number of hydrogen-bond acceptors (Lipinski definition) is 6. The lowest BCUT2D eigenvalue weighted by Crippen LogP contribution is -2.09. The van der Waals surface area contributed by atoms with Crippen molar-refractivity contribution in [3.05, 3.63) is 77.9 Å². The molecular weight excluding hydrogens is 422 g/mol. The summed E-state index contributed by atoms with van der Waals surface area (Å²) in [5, 5.41) is 10.5. The Hall–Kier alpha value is -4.26.